The van der Waals surface area contributed by atoms with E-state index < -0.39 is 30.0 Å². The summed E-state index contributed by atoms with van der Waals surface area (Å²) in [6.45, 7) is -1.53. The van der Waals surface area contributed by atoms with Crippen molar-refractivity contribution in [2.75, 3.05) is 14.2 Å². The first kappa shape index (κ1) is 24.0. The minimum atomic E-state index is -4.85. The summed E-state index contributed by atoms with van der Waals surface area (Å²) in [4.78, 5) is 14.0. The third-order valence-corrected chi connectivity index (χ3v) is 4.82. The Labute approximate surface area is 186 Å². The zero-order valence-electron chi connectivity index (χ0n) is 17.9. The fraction of sp³-hybridized carbons (Fsp3) is 0.273. The van der Waals surface area contributed by atoms with Gasteiger partial charge in [0.15, 0.2) is 17.2 Å². The highest BCUT2D eigenvalue weighted by Gasteiger charge is 2.41. The smallest absolute Gasteiger partial charge is 0.434 e. The van der Waals surface area contributed by atoms with Gasteiger partial charge in [0, 0.05) is 13.6 Å². The maximum atomic E-state index is 13.9. The zero-order chi connectivity index (χ0) is 24.3. The standard InChI is InChI=1S/C22H20F5N3O3/c1-13-6-4-5-7-16(13)30-19(22(25,26)27)15(11-28-30)20(31)29(2)12-14-8-9-17(33-21(23)24)18(10-14)32-3/h4-11,21H,12H2,1-3H3. The van der Waals surface area contributed by atoms with Gasteiger partial charge in [0.05, 0.1) is 24.6 Å². The lowest BCUT2D eigenvalue weighted by Crippen LogP contribution is -2.28. The van der Waals surface area contributed by atoms with Crippen LogP contribution in [-0.2, 0) is 12.7 Å². The number of hydrogen-bond acceptors (Lipinski definition) is 4. The van der Waals surface area contributed by atoms with Gasteiger partial charge in [-0.05, 0) is 36.2 Å². The second-order valence-electron chi connectivity index (χ2n) is 7.13. The van der Waals surface area contributed by atoms with E-state index >= 15 is 0 Å². The van der Waals surface area contributed by atoms with Crippen molar-refractivity contribution < 1.29 is 36.2 Å². The van der Waals surface area contributed by atoms with Crippen LogP contribution in [-0.4, -0.2) is 41.4 Å². The van der Waals surface area contributed by atoms with Crippen molar-refractivity contribution in [1.82, 2.24) is 14.7 Å². The summed E-state index contributed by atoms with van der Waals surface area (Å²) < 4.78 is 76.9. The zero-order valence-corrected chi connectivity index (χ0v) is 17.9. The molecule has 0 aliphatic carbocycles. The Morgan fingerprint density at radius 3 is 2.45 bits per heavy atom. The molecule has 0 saturated carbocycles. The maximum Gasteiger partial charge on any atom is 0.434 e. The van der Waals surface area contributed by atoms with E-state index in [1.54, 1.807) is 25.1 Å². The van der Waals surface area contributed by atoms with Gasteiger partial charge in [0.2, 0.25) is 0 Å². The number of aromatic nitrogens is 2. The number of para-hydroxylation sites is 1. The third kappa shape index (κ3) is 5.24. The number of carbonyl (C=O) groups excluding carboxylic acids is 1. The monoisotopic (exact) mass is 469 g/mol. The topological polar surface area (TPSA) is 56.6 Å². The Bertz CT molecular complexity index is 1140. The summed E-state index contributed by atoms with van der Waals surface area (Å²) in [5, 5.41) is 3.83. The number of aryl methyl sites for hydroxylation is 1. The second-order valence-corrected chi connectivity index (χ2v) is 7.13. The minimum Gasteiger partial charge on any atom is -0.493 e. The van der Waals surface area contributed by atoms with Gasteiger partial charge in [0.25, 0.3) is 5.91 Å². The van der Waals surface area contributed by atoms with Crippen LogP contribution in [0.15, 0.2) is 48.7 Å². The molecule has 0 atom stereocenters. The van der Waals surface area contributed by atoms with Crippen LogP contribution in [0.5, 0.6) is 11.5 Å². The first-order chi connectivity index (χ1) is 15.5. The van der Waals surface area contributed by atoms with Crippen LogP contribution in [0.4, 0.5) is 22.0 Å². The van der Waals surface area contributed by atoms with Crippen LogP contribution in [0.3, 0.4) is 0 Å². The van der Waals surface area contributed by atoms with Crippen LogP contribution in [0.2, 0.25) is 0 Å². The van der Waals surface area contributed by atoms with Gasteiger partial charge in [-0.25, -0.2) is 4.68 Å². The normalized spacial score (nSPS) is 11.5. The summed E-state index contributed by atoms with van der Waals surface area (Å²) in [6, 6.07) is 10.4. The molecule has 0 radical (unpaired) electrons. The Kier molecular flexibility index (Phi) is 6.89. The molecule has 0 unspecified atom stereocenters. The third-order valence-electron chi connectivity index (χ3n) is 4.82. The van der Waals surface area contributed by atoms with E-state index in [2.05, 4.69) is 9.84 Å². The molecule has 0 aliphatic heterocycles. The van der Waals surface area contributed by atoms with E-state index in [-0.39, 0.29) is 23.7 Å². The summed E-state index contributed by atoms with van der Waals surface area (Å²) in [7, 11) is 2.57. The van der Waals surface area contributed by atoms with Crippen molar-refractivity contribution >= 4 is 5.91 Å². The molecule has 1 heterocycles. The largest absolute Gasteiger partial charge is 0.493 e. The highest BCUT2D eigenvalue weighted by molar-refractivity contribution is 5.95. The summed E-state index contributed by atoms with van der Waals surface area (Å²) in [5.41, 5.74) is -0.614. The second kappa shape index (κ2) is 9.47. The maximum absolute atomic E-state index is 13.9. The van der Waals surface area contributed by atoms with Crippen LogP contribution in [0, 0.1) is 6.92 Å². The average molecular weight is 469 g/mol. The molecule has 0 bridgehead atoms. The van der Waals surface area contributed by atoms with Crippen LogP contribution in [0.25, 0.3) is 5.69 Å². The van der Waals surface area contributed by atoms with Gasteiger partial charge in [-0.2, -0.15) is 27.1 Å². The Balaban J connectivity index is 1.92. The average Bonchev–Trinajstić information content (AvgIpc) is 3.19. The number of benzene rings is 2. The van der Waals surface area contributed by atoms with E-state index in [9.17, 15) is 26.7 Å². The Morgan fingerprint density at radius 2 is 1.85 bits per heavy atom. The minimum absolute atomic E-state index is 0.00278. The number of ether oxygens (including phenoxy) is 2. The Morgan fingerprint density at radius 1 is 1.15 bits per heavy atom. The van der Waals surface area contributed by atoms with Crippen molar-refractivity contribution in [3.05, 3.63) is 71.0 Å². The molecule has 3 aromatic rings. The molecule has 0 spiro atoms. The van der Waals surface area contributed by atoms with Crippen molar-refractivity contribution in [2.45, 2.75) is 26.3 Å². The van der Waals surface area contributed by atoms with Crippen LogP contribution in [0.1, 0.15) is 27.2 Å². The predicted molar refractivity (Wildman–Crippen MR) is 109 cm³/mol. The molecule has 6 nitrogen and oxygen atoms in total. The number of hydrogen-bond donors (Lipinski definition) is 0. The summed E-state index contributed by atoms with van der Waals surface area (Å²) >= 11 is 0. The van der Waals surface area contributed by atoms with E-state index in [0.717, 1.165) is 11.1 Å². The SMILES string of the molecule is COc1cc(CN(C)C(=O)c2cnn(-c3ccccc3C)c2C(F)(F)F)ccc1OC(F)F. The molecule has 0 N–H and O–H groups in total. The number of amides is 1. The van der Waals surface area contributed by atoms with Crippen molar-refractivity contribution in [3.8, 4) is 17.2 Å². The predicted octanol–water partition coefficient (Wildman–Crippen LogP) is 5.08. The van der Waals surface area contributed by atoms with Crippen LogP contribution < -0.4 is 9.47 Å². The lowest BCUT2D eigenvalue weighted by Gasteiger charge is -2.20. The molecule has 0 saturated heterocycles. The van der Waals surface area contributed by atoms with Crippen molar-refractivity contribution in [1.29, 1.82) is 0 Å². The highest BCUT2D eigenvalue weighted by atomic mass is 19.4. The number of nitrogens with zero attached hydrogens (tertiary/aromatic N) is 3. The first-order valence-electron chi connectivity index (χ1n) is 9.61. The van der Waals surface area contributed by atoms with E-state index in [1.807, 2.05) is 0 Å². The number of methoxy groups -OCH3 is 1. The highest BCUT2D eigenvalue weighted by Crippen LogP contribution is 2.35. The first-order valence-corrected chi connectivity index (χ1v) is 9.61. The number of alkyl halides is 5. The van der Waals surface area contributed by atoms with Gasteiger partial charge < -0.3 is 14.4 Å². The van der Waals surface area contributed by atoms with E-state index in [1.165, 1.54) is 38.4 Å². The molecule has 1 amide bonds. The van der Waals surface area contributed by atoms with Gasteiger partial charge in [-0.3, -0.25) is 4.79 Å². The van der Waals surface area contributed by atoms with Gasteiger partial charge in [0.1, 0.15) is 0 Å². The number of carbonyl (C=O) groups is 1. The van der Waals surface area contributed by atoms with Crippen molar-refractivity contribution in [2.24, 2.45) is 0 Å². The molecule has 0 aliphatic rings. The number of rotatable bonds is 7. The molecule has 11 heteroatoms. The van der Waals surface area contributed by atoms with Gasteiger partial charge in [-0.1, -0.05) is 24.3 Å². The van der Waals surface area contributed by atoms with E-state index in [4.69, 9.17) is 4.74 Å². The van der Waals surface area contributed by atoms with E-state index in [0.29, 0.717) is 15.8 Å². The van der Waals surface area contributed by atoms with Crippen molar-refractivity contribution in [3.63, 3.8) is 0 Å². The molecule has 33 heavy (non-hydrogen) atoms. The molecular formula is C22H20F5N3O3. The number of halogens is 5. The molecular weight excluding hydrogens is 449 g/mol. The summed E-state index contributed by atoms with van der Waals surface area (Å²) in [6.07, 6.45) is -3.96. The fourth-order valence-corrected chi connectivity index (χ4v) is 3.32. The molecule has 2 aromatic carbocycles. The summed E-state index contributed by atoms with van der Waals surface area (Å²) in [5.74, 6) is -1.12. The molecule has 0 fully saturated rings. The van der Waals surface area contributed by atoms with Crippen LogP contribution >= 0.6 is 0 Å². The quantitative estimate of drug-likeness (QED) is 0.453. The van der Waals surface area contributed by atoms with Gasteiger partial charge >= 0.3 is 12.8 Å². The molecule has 1 aromatic heterocycles. The lowest BCUT2D eigenvalue weighted by molar-refractivity contribution is -0.143. The molecule has 3 rings (SSSR count). The lowest BCUT2D eigenvalue weighted by atomic mass is 10.1. The molecule has 176 valence electrons. The fourth-order valence-electron chi connectivity index (χ4n) is 3.32. The van der Waals surface area contributed by atoms with Gasteiger partial charge in [-0.15, -0.1) is 0 Å². The Hall–Kier alpha value is -3.63.